The summed E-state index contributed by atoms with van der Waals surface area (Å²) in [6.45, 7) is 5.36. The van der Waals surface area contributed by atoms with E-state index in [-0.39, 0.29) is 5.82 Å². The number of carbonyl (C=O) groups is 1. The van der Waals surface area contributed by atoms with E-state index in [1.165, 1.54) is 18.2 Å². The largest absolute Gasteiger partial charge is 0.444 e. The van der Waals surface area contributed by atoms with Crippen molar-refractivity contribution in [2.24, 2.45) is 0 Å². The van der Waals surface area contributed by atoms with E-state index in [0.29, 0.717) is 17.4 Å². The van der Waals surface area contributed by atoms with Gasteiger partial charge in [-0.3, -0.25) is 5.32 Å². The maximum Gasteiger partial charge on any atom is 0.412 e. The van der Waals surface area contributed by atoms with Gasteiger partial charge in [0.1, 0.15) is 11.4 Å². The molecule has 1 amide bonds. The average Bonchev–Trinajstić information content (AvgIpc) is 2.20. The maximum absolute atomic E-state index is 13.1. The molecule has 0 saturated heterocycles. The van der Waals surface area contributed by atoms with Crippen molar-refractivity contribution >= 4 is 27.7 Å². The summed E-state index contributed by atoms with van der Waals surface area (Å²) in [7, 11) is 0. The molecule has 0 aromatic heterocycles. The number of hydrogen-bond donors (Lipinski definition) is 1. The molecule has 100 valence electrons. The van der Waals surface area contributed by atoms with Crippen LogP contribution in [0, 0.1) is 5.82 Å². The number of benzene rings is 1. The first-order chi connectivity index (χ1) is 8.31. The van der Waals surface area contributed by atoms with Gasteiger partial charge in [0.25, 0.3) is 0 Å². The summed E-state index contributed by atoms with van der Waals surface area (Å²) in [5.74, 6) is -0.319. The van der Waals surface area contributed by atoms with Gasteiger partial charge in [0, 0.05) is 11.0 Å². The van der Waals surface area contributed by atoms with Crippen LogP contribution in [0.4, 0.5) is 14.9 Å². The molecule has 0 unspecified atom stereocenters. The molecular weight excluding hydrogens is 301 g/mol. The number of aryl methyl sites for hydroxylation is 1. The number of hydrogen-bond acceptors (Lipinski definition) is 2. The Morgan fingerprint density at radius 2 is 2.11 bits per heavy atom. The molecule has 0 spiro atoms. The van der Waals surface area contributed by atoms with Gasteiger partial charge in [0.2, 0.25) is 0 Å². The summed E-state index contributed by atoms with van der Waals surface area (Å²) in [6, 6.07) is 4.26. The minimum Gasteiger partial charge on any atom is -0.444 e. The maximum atomic E-state index is 13.1. The quantitative estimate of drug-likeness (QED) is 0.852. The molecule has 0 aliphatic rings. The van der Waals surface area contributed by atoms with E-state index in [1.54, 1.807) is 20.8 Å². The molecule has 0 atom stereocenters. The molecule has 1 aromatic rings. The van der Waals surface area contributed by atoms with Crippen molar-refractivity contribution < 1.29 is 13.9 Å². The van der Waals surface area contributed by atoms with Crippen molar-refractivity contribution in [1.82, 2.24) is 0 Å². The Labute approximate surface area is 115 Å². The minimum atomic E-state index is -0.556. The highest BCUT2D eigenvalue weighted by Gasteiger charge is 2.17. The summed E-state index contributed by atoms with van der Waals surface area (Å²) in [5, 5.41) is 3.32. The van der Waals surface area contributed by atoms with Gasteiger partial charge in [0.15, 0.2) is 0 Å². The number of amides is 1. The number of carbonyl (C=O) groups excluding carboxylic acids is 1. The second-order valence-electron chi connectivity index (χ2n) is 4.87. The molecule has 5 heteroatoms. The number of rotatable bonds is 3. The van der Waals surface area contributed by atoms with Crippen LogP contribution in [0.25, 0.3) is 0 Å². The topological polar surface area (TPSA) is 38.3 Å². The van der Waals surface area contributed by atoms with Crippen LogP contribution in [0.15, 0.2) is 18.2 Å². The van der Waals surface area contributed by atoms with Gasteiger partial charge in [0.05, 0.1) is 0 Å². The lowest BCUT2D eigenvalue weighted by Gasteiger charge is -2.20. The molecule has 0 saturated carbocycles. The zero-order valence-electron chi connectivity index (χ0n) is 10.7. The first-order valence-corrected chi connectivity index (χ1v) is 6.78. The summed E-state index contributed by atoms with van der Waals surface area (Å²) in [5.41, 5.74) is 0.752. The normalized spacial score (nSPS) is 11.2. The molecule has 1 rings (SSSR count). The molecule has 0 radical (unpaired) electrons. The number of ether oxygens (including phenoxy) is 1. The molecule has 0 fully saturated rings. The van der Waals surface area contributed by atoms with Crippen molar-refractivity contribution in [2.45, 2.75) is 32.8 Å². The molecule has 1 N–H and O–H groups in total. The number of nitrogens with one attached hydrogen (secondary N) is 1. The highest BCUT2D eigenvalue weighted by Crippen LogP contribution is 2.19. The number of alkyl halides is 1. The third-order valence-corrected chi connectivity index (χ3v) is 2.46. The third kappa shape index (κ3) is 5.04. The van der Waals surface area contributed by atoms with Crippen molar-refractivity contribution in [2.75, 3.05) is 10.6 Å². The summed E-state index contributed by atoms with van der Waals surface area (Å²) in [4.78, 5) is 11.6. The Kier molecular flexibility index (Phi) is 5.14. The van der Waals surface area contributed by atoms with Gasteiger partial charge in [-0.15, -0.1) is 0 Å². The number of halogens is 2. The lowest BCUT2D eigenvalue weighted by Crippen LogP contribution is -2.27. The predicted octanol–water partition coefficient (Wildman–Crippen LogP) is 4.11. The molecule has 0 aliphatic heterocycles. The fraction of sp³-hybridized carbons (Fsp3) is 0.462. The first-order valence-electron chi connectivity index (χ1n) is 5.66. The molecular formula is C13H17BrFNO2. The van der Waals surface area contributed by atoms with Crippen LogP contribution in [0.3, 0.4) is 0 Å². The van der Waals surface area contributed by atoms with Crippen LogP contribution in [-0.4, -0.2) is 17.0 Å². The van der Waals surface area contributed by atoms with Crippen LogP contribution < -0.4 is 5.32 Å². The molecule has 3 nitrogen and oxygen atoms in total. The fourth-order valence-electron chi connectivity index (χ4n) is 1.41. The van der Waals surface area contributed by atoms with E-state index in [4.69, 9.17) is 4.74 Å². The van der Waals surface area contributed by atoms with Crippen LogP contribution in [0.1, 0.15) is 26.3 Å². The highest BCUT2D eigenvalue weighted by molar-refractivity contribution is 9.09. The van der Waals surface area contributed by atoms with Crippen molar-refractivity contribution in [3.05, 3.63) is 29.6 Å². The minimum absolute atomic E-state index is 0.319. The van der Waals surface area contributed by atoms with E-state index in [2.05, 4.69) is 21.2 Å². The molecule has 18 heavy (non-hydrogen) atoms. The fourth-order valence-corrected chi connectivity index (χ4v) is 1.83. The Morgan fingerprint density at radius 1 is 1.44 bits per heavy atom. The Morgan fingerprint density at radius 3 is 2.67 bits per heavy atom. The van der Waals surface area contributed by atoms with Gasteiger partial charge in [-0.25, -0.2) is 9.18 Å². The predicted molar refractivity (Wildman–Crippen MR) is 73.8 cm³/mol. The molecule has 1 aromatic carbocycles. The van der Waals surface area contributed by atoms with E-state index in [0.717, 1.165) is 5.56 Å². The van der Waals surface area contributed by atoms with Gasteiger partial charge in [-0.05, 0) is 51.0 Å². The second kappa shape index (κ2) is 6.18. The third-order valence-electron chi connectivity index (χ3n) is 2.07. The van der Waals surface area contributed by atoms with Gasteiger partial charge in [-0.2, -0.15) is 0 Å². The van der Waals surface area contributed by atoms with Gasteiger partial charge >= 0.3 is 6.09 Å². The van der Waals surface area contributed by atoms with Crippen LogP contribution in [0.2, 0.25) is 0 Å². The zero-order chi connectivity index (χ0) is 13.8. The van der Waals surface area contributed by atoms with Crippen molar-refractivity contribution in [1.29, 1.82) is 0 Å². The Hall–Kier alpha value is -1.10. The average molecular weight is 318 g/mol. The van der Waals surface area contributed by atoms with Crippen molar-refractivity contribution in [3.63, 3.8) is 0 Å². The number of anilines is 1. The second-order valence-corrected chi connectivity index (χ2v) is 5.66. The molecule has 0 aliphatic carbocycles. The van der Waals surface area contributed by atoms with E-state index in [1.807, 2.05) is 0 Å². The monoisotopic (exact) mass is 317 g/mol. The lowest BCUT2D eigenvalue weighted by atomic mass is 10.1. The van der Waals surface area contributed by atoms with Crippen LogP contribution in [0.5, 0.6) is 0 Å². The van der Waals surface area contributed by atoms with Crippen molar-refractivity contribution in [3.8, 4) is 0 Å². The van der Waals surface area contributed by atoms with Crippen LogP contribution >= 0.6 is 15.9 Å². The van der Waals surface area contributed by atoms with E-state index in [9.17, 15) is 9.18 Å². The van der Waals surface area contributed by atoms with Crippen LogP contribution in [-0.2, 0) is 11.2 Å². The van der Waals surface area contributed by atoms with Gasteiger partial charge < -0.3 is 4.74 Å². The highest BCUT2D eigenvalue weighted by atomic mass is 79.9. The molecule has 0 bridgehead atoms. The first kappa shape index (κ1) is 15.0. The van der Waals surface area contributed by atoms with Gasteiger partial charge in [-0.1, -0.05) is 15.9 Å². The summed E-state index contributed by atoms with van der Waals surface area (Å²) >= 11 is 3.29. The Bertz CT molecular complexity index is 429. The smallest absolute Gasteiger partial charge is 0.412 e. The standard InChI is InChI=1S/C13H17BrFNO2/c1-13(2,3)18-12(17)16-11-5-4-10(15)8-9(11)6-7-14/h4-5,8H,6-7H2,1-3H3,(H,16,17). The zero-order valence-corrected chi connectivity index (χ0v) is 12.3. The molecule has 0 heterocycles. The van der Waals surface area contributed by atoms with E-state index < -0.39 is 11.7 Å². The SMILES string of the molecule is CC(C)(C)OC(=O)Nc1ccc(F)cc1CCBr. The summed E-state index contributed by atoms with van der Waals surface area (Å²) in [6.07, 6.45) is 0.0908. The summed E-state index contributed by atoms with van der Waals surface area (Å²) < 4.78 is 18.3. The Balaban J connectivity index is 2.80. The van der Waals surface area contributed by atoms with E-state index >= 15 is 0 Å². The lowest BCUT2D eigenvalue weighted by molar-refractivity contribution is 0.0636.